The van der Waals surface area contributed by atoms with Crippen molar-refractivity contribution in [2.75, 3.05) is 6.54 Å². The zero-order valence-electron chi connectivity index (χ0n) is 16.5. The Morgan fingerprint density at radius 2 is 1.67 bits per heavy atom. The first-order chi connectivity index (χ1) is 12.6. The minimum Gasteiger partial charge on any atom is -0.507 e. The normalized spacial score (nSPS) is 18.7. The molecule has 1 aliphatic heterocycles. The monoisotopic (exact) mass is 367 g/mol. The van der Waals surface area contributed by atoms with Gasteiger partial charge in [0.05, 0.1) is 11.2 Å². The predicted octanol–water partition coefficient (Wildman–Crippen LogP) is 3.70. The zero-order chi connectivity index (χ0) is 19.8. The number of benzene rings is 2. The van der Waals surface area contributed by atoms with Gasteiger partial charge in [-0.3, -0.25) is 4.79 Å². The summed E-state index contributed by atoms with van der Waals surface area (Å²) in [7, 11) is -0.561. The van der Waals surface area contributed by atoms with Crippen molar-refractivity contribution in [1.29, 1.82) is 0 Å². The maximum absolute atomic E-state index is 11.5. The fraction of sp³-hybridized carbons (Fsp3) is 0.381. The van der Waals surface area contributed by atoms with E-state index in [1.165, 1.54) is 6.92 Å². The van der Waals surface area contributed by atoms with Crippen molar-refractivity contribution in [2.45, 2.75) is 45.8 Å². The molecular formula is C21H26BNO4. The quantitative estimate of drug-likeness (QED) is 0.809. The number of aromatic hydroxyl groups is 1. The Balaban J connectivity index is 2.04. The van der Waals surface area contributed by atoms with Crippen LogP contribution in [0.1, 0.15) is 40.2 Å². The second-order valence-electron chi connectivity index (χ2n) is 7.94. The van der Waals surface area contributed by atoms with Crippen molar-refractivity contribution < 1.29 is 19.2 Å². The number of phenols is 1. The molecular weight excluding hydrogens is 341 g/mol. The number of carbonyl (C=O) groups is 1. The summed E-state index contributed by atoms with van der Waals surface area (Å²) < 4.78 is 12.4. The van der Waals surface area contributed by atoms with E-state index in [1.807, 2.05) is 64.1 Å². The van der Waals surface area contributed by atoms with Crippen molar-refractivity contribution >= 4 is 29.9 Å². The van der Waals surface area contributed by atoms with Crippen LogP contribution >= 0.6 is 0 Å². The fourth-order valence-corrected chi connectivity index (χ4v) is 3.06. The van der Waals surface area contributed by atoms with E-state index in [0.717, 1.165) is 21.8 Å². The van der Waals surface area contributed by atoms with Gasteiger partial charge in [-0.05, 0) is 50.2 Å². The molecule has 6 heteroatoms. The molecule has 1 fully saturated rings. The number of hydrogen-bond acceptors (Lipinski definition) is 4. The number of fused-ring (bicyclic) bond motifs is 1. The van der Waals surface area contributed by atoms with Gasteiger partial charge in [0.2, 0.25) is 5.91 Å². The number of carbonyl (C=O) groups excluding carboxylic acids is 1. The zero-order valence-corrected chi connectivity index (χ0v) is 16.5. The predicted molar refractivity (Wildman–Crippen MR) is 108 cm³/mol. The van der Waals surface area contributed by atoms with Crippen LogP contribution in [0.5, 0.6) is 5.75 Å². The molecule has 3 rings (SSSR count). The van der Waals surface area contributed by atoms with Crippen molar-refractivity contribution in [3.63, 3.8) is 0 Å². The molecule has 0 aliphatic carbocycles. The lowest BCUT2D eigenvalue weighted by atomic mass is 9.76. The Morgan fingerprint density at radius 3 is 2.26 bits per heavy atom. The van der Waals surface area contributed by atoms with E-state index >= 15 is 0 Å². The molecule has 142 valence electrons. The highest BCUT2D eigenvalue weighted by atomic mass is 16.7. The minimum absolute atomic E-state index is 0.118. The van der Waals surface area contributed by atoms with Crippen LogP contribution in [0.3, 0.4) is 0 Å². The molecule has 2 aromatic rings. The van der Waals surface area contributed by atoms with E-state index in [2.05, 4.69) is 5.32 Å². The van der Waals surface area contributed by atoms with Gasteiger partial charge in [0, 0.05) is 18.9 Å². The Bertz CT molecular complexity index is 888. The van der Waals surface area contributed by atoms with Gasteiger partial charge < -0.3 is 19.7 Å². The molecule has 5 nitrogen and oxygen atoms in total. The molecule has 0 radical (unpaired) electrons. The third-order valence-electron chi connectivity index (χ3n) is 5.37. The lowest BCUT2D eigenvalue weighted by Gasteiger charge is -2.32. The van der Waals surface area contributed by atoms with Crippen LogP contribution in [0, 0.1) is 0 Å². The van der Waals surface area contributed by atoms with Crippen LogP contribution in [-0.2, 0) is 14.1 Å². The fourth-order valence-electron chi connectivity index (χ4n) is 3.06. The van der Waals surface area contributed by atoms with Crippen LogP contribution in [0.15, 0.2) is 41.9 Å². The number of hydrogen-bond donors (Lipinski definition) is 2. The van der Waals surface area contributed by atoms with E-state index in [0.29, 0.717) is 6.54 Å². The lowest BCUT2D eigenvalue weighted by Crippen LogP contribution is -2.41. The largest absolute Gasteiger partial charge is 0.507 e. The Hall–Kier alpha value is -2.31. The van der Waals surface area contributed by atoms with Crippen molar-refractivity contribution in [1.82, 2.24) is 5.32 Å². The molecule has 0 saturated carbocycles. The summed E-state index contributed by atoms with van der Waals surface area (Å²) in [6.45, 7) is 9.80. The molecule has 0 bridgehead atoms. The van der Waals surface area contributed by atoms with Crippen molar-refractivity contribution in [3.05, 3.63) is 47.4 Å². The second kappa shape index (κ2) is 7.02. The standard InChI is InChI=1S/C21H26BNO4/c1-14(24)23-13-16(22-26-20(2,3)21(4,5)27-22)12-15-10-11-19(25)18-9-7-6-8-17(15)18/h6-12,25H,13H2,1-5H3,(H,23,24). The molecule has 2 aromatic carbocycles. The van der Waals surface area contributed by atoms with Crippen molar-refractivity contribution in [3.8, 4) is 5.75 Å². The van der Waals surface area contributed by atoms with Crippen LogP contribution in [0.25, 0.3) is 16.8 Å². The number of amides is 1. The molecule has 1 saturated heterocycles. The molecule has 1 heterocycles. The van der Waals surface area contributed by atoms with Gasteiger partial charge in [-0.1, -0.05) is 36.4 Å². The summed E-state index contributed by atoms with van der Waals surface area (Å²) in [6.07, 6.45) is 1.97. The molecule has 0 unspecified atom stereocenters. The Kier molecular flexibility index (Phi) is 5.06. The number of nitrogens with one attached hydrogen (secondary N) is 1. The molecule has 0 aromatic heterocycles. The minimum atomic E-state index is -0.561. The summed E-state index contributed by atoms with van der Waals surface area (Å²) in [5, 5.41) is 14.7. The molecule has 2 N–H and O–H groups in total. The van der Waals surface area contributed by atoms with E-state index in [4.69, 9.17) is 9.31 Å². The maximum atomic E-state index is 11.5. The van der Waals surface area contributed by atoms with Crippen LogP contribution in [0.2, 0.25) is 0 Å². The summed E-state index contributed by atoms with van der Waals surface area (Å²) in [5.41, 5.74) is 0.812. The topological polar surface area (TPSA) is 67.8 Å². The smallest absolute Gasteiger partial charge is 0.492 e. The number of phenolic OH excluding ortho intramolecular Hbond substituents is 1. The van der Waals surface area contributed by atoms with E-state index in [-0.39, 0.29) is 11.7 Å². The second-order valence-corrected chi connectivity index (χ2v) is 7.94. The van der Waals surface area contributed by atoms with Gasteiger partial charge >= 0.3 is 7.12 Å². The average molecular weight is 367 g/mol. The highest BCUT2D eigenvalue weighted by Crippen LogP contribution is 2.39. The highest BCUT2D eigenvalue weighted by Gasteiger charge is 2.52. The van der Waals surface area contributed by atoms with Crippen LogP contribution in [0.4, 0.5) is 0 Å². The van der Waals surface area contributed by atoms with Gasteiger partial charge in [0.1, 0.15) is 5.75 Å². The molecule has 1 amide bonds. The van der Waals surface area contributed by atoms with Crippen LogP contribution < -0.4 is 5.32 Å². The molecule has 27 heavy (non-hydrogen) atoms. The molecule has 0 atom stereocenters. The van der Waals surface area contributed by atoms with E-state index in [9.17, 15) is 9.90 Å². The highest BCUT2D eigenvalue weighted by molar-refractivity contribution is 6.56. The summed E-state index contributed by atoms with van der Waals surface area (Å²) in [5.74, 6) is 0.120. The first-order valence-corrected chi connectivity index (χ1v) is 9.12. The SMILES string of the molecule is CC(=O)NCC(=Cc1ccc(O)c2ccccc12)B1OC(C)(C)C(C)(C)O1. The third-order valence-corrected chi connectivity index (χ3v) is 5.37. The van der Waals surface area contributed by atoms with Crippen LogP contribution in [-0.4, -0.2) is 35.9 Å². The third kappa shape index (κ3) is 3.87. The summed E-state index contributed by atoms with van der Waals surface area (Å²) in [4.78, 5) is 11.5. The van der Waals surface area contributed by atoms with E-state index < -0.39 is 18.3 Å². The molecule has 0 spiro atoms. The lowest BCUT2D eigenvalue weighted by molar-refractivity contribution is -0.118. The summed E-state index contributed by atoms with van der Waals surface area (Å²) in [6, 6.07) is 11.2. The van der Waals surface area contributed by atoms with Crippen molar-refractivity contribution in [2.24, 2.45) is 0 Å². The Morgan fingerprint density at radius 1 is 1.07 bits per heavy atom. The first kappa shape index (κ1) is 19.5. The summed E-state index contributed by atoms with van der Waals surface area (Å²) >= 11 is 0. The first-order valence-electron chi connectivity index (χ1n) is 9.12. The van der Waals surface area contributed by atoms with Gasteiger partial charge in [0.25, 0.3) is 0 Å². The van der Waals surface area contributed by atoms with Gasteiger partial charge in [-0.25, -0.2) is 0 Å². The molecule has 1 aliphatic rings. The number of rotatable bonds is 4. The Labute approximate surface area is 160 Å². The van der Waals surface area contributed by atoms with Gasteiger partial charge in [-0.2, -0.15) is 0 Å². The van der Waals surface area contributed by atoms with Gasteiger partial charge in [-0.15, -0.1) is 0 Å². The van der Waals surface area contributed by atoms with Gasteiger partial charge in [0.15, 0.2) is 0 Å². The van der Waals surface area contributed by atoms with E-state index in [1.54, 1.807) is 6.07 Å². The maximum Gasteiger partial charge on any atom is 0.492 e. The average Bonchev–Trinajstić information content (AvgIpc) is 2.81.